The number of nitrogens with zero attached hydrogens (tertiary/aromatic N) is 2. The number of unbranched alkanes of at least 4 members (excludes halogenated alkanes) is 3. The molecule has 0 radical (unpaired) electrons. The predicted octanol–water partition coefficient (Wildman–Crippen LogP) is 2.90. The average Bonchev–Trinajstić information content (AvgIpc) is 2.59. The number of aliphatic imine (C=N–C) groups is 1. The minimum Gasteiger partial charge on any atom is -0.469 e. The average molecular weight is 344 g/mol. The van der Waals surface area contributed by atoms with Crippen molar-refractivity contribution in [3.63, 3.8) is 0 Å². The van der Waals surface area contributed by atoms with E-state index in [2.05, 4.69) is 40.6 Å². The second-order valence-corrected chi connectivity index (χ2v) is 7.23. The van der Waals surface area contributed by atoms with Crippen LogP contribution >= 0.6 is 11.8 Å². The molecule has 1 fully saturated rings. The minimum absolute atomic E-state index is 0.106. The van der Waals surface area contributed by atoms with Crippen molar-refractivity contribution in [3.8, 4) is 0 Å². The monoisotopic (exact) mass is 343 g/mol. The maximum Gasteiger partial charge on any atom is 0.305 e. The van der Waals surface area contributed by atoms with Crippen molar-refractivity contribution in [1.29, 1.82) is 0 Å². The van der Waals surface area contributed by atoms with Gasteiger partial charge in [0.1, 0.15) is 0 Å². The summed E-state index contributed by atoms with van der Waals surface area (Å²) < 4.78 is 4.65. The summed E-state index contributed by atoms with van der Waals surface area (Å²) in [5.74, 6) is 2.16. The molecule has 1 aliphatic heterocycles. The first-order valence-electron chi connectivity index (χ1n) is 8.92. The number of thioether (sulfide) groups is 1. The van der Waals surface area contributed by atoms with Gasteiger partial charge in [0.15, 0.2) is 5.96 Å². The first-order chi connectivity index (χ1) is 11.2. The predicted molar refractivity (Wildman–Crippen MR) is 99.2 cm³/mol. The maximum absolute atomic E-state index is 11.0. The molecule has 0 amide bonds. The first kappa shape index (κ1) is 20.1. The number of carbonyl (C=O) groups excluding carboxylic acids is 1. The van der Waals surface area contributed by atoms with Crippen LogP contribution in [0.2, 0.25) is 0 Å². The Morgan fingerprint density at radius 3 is 2.78 bits per heavy atom. The smallest absolute Gasteiger partial charge is 0.305 e. The molecule has 1 N–H and O–H groups in total. The molecule has 1 atom stereocenters. The van der Waals surface area contributed by atoms with Crippen molar-refractivity contribution in [1.82, 2.24) is 10.2 Å². The summed E-state index contributed by atoms with van der Waals surface area (Å²) in [6.45, 7) is 8.36. The Hall–Kier alpha value is -0.910. The van der Waals surface area contributed by atoms with Crippen molar-refractivity contribution in [2.75, 3.05) is 39.0 Å². The van der Waals surface area contributed by atoms with Crippen LogP contribution < -0.4 is 5.32 Å². The Kier molecular flexibility index (Phi) is 10.9. The third kappa shape index (κ3) is 8.49. The molecular weight excluding hydrogens is 310 g/mol. The maximum atomic E-state index is 11.0. The molecule has 1 saturated heterocycles. The fourth-order valence-electron chi connectivity index (χ4n) is 2.61. The standard InChI is InChI=1S/C17H33N3O2S/c1-4-15-14-20(12-13-23-15)17(18-5-2)19-11-9-7-6-8-10-16(21)22-3/h15H,4-14H2,1-3H3,(H,18,19). The van der Waals surface area contributed by atoms with Crippen LogP contribution in [0.1, 0.15) is 52.4 Å². The van der Waals surface area contributed by atoms with E-state index in [-0.39, 0.29) is 5.97 Å². The van der Waals surface area contributed by atoms with Gasteiger partial charge in [0.2, 0.25) is 0 Å². The van der Waals surface area contributed by atoms with Crippen molar-refractivity contribution < 1.29 is 9.53 Å². The number of carbonyl (C=O) groups is 1. The number of esters is 1. The summed E-state index contributed by atoms with van der Waals surface area (Å²) in [4.78, 5) is 18.2. The zero-order valence-electron chi connectivity index (χ0n) is 15.0. The van der Waals surface area contributed by atoms with Crippen molar-refractivity contribution in [2.45, 2.75) is 57.6 Å². The molecule has 6 heteroatoms. The summed E-state index contributed by atoms with van der Waals surface area (Å²) in [6.07, 6.45) is 5.94. The van der Waals surface area contributed by atoms with Gasteiger partial charge in [-0.15, -0.1) is 0 Å². The molecule has 1 aliphatic rings. The van der Waals surface area contributed by atoms with Crippen LogP contribution in [0.3, 0.4) is 0 Å². The molecule has 5 nitrogen and oxygen atoms in total. The fraction of sp³-hybridized carbons (Fsp3) is 0.882. The van der Waals surface area contributed by atoms with Gasteiger partial charge in [-0.2, -0.15) is 11.8 Å². The Morgan fingerprint density at radius 2 is 2.09 bits per heavy atom. The summed E-state index contributed by atoms with van der Waals surface area (Å²) in [7, 11) is 1.45. The Bertz CT molecular complexity index is 364. The van der Waals surface area contributed by atoms with E-state index in [1.165, 1.54) is 19.3 Å². The van der Waals surface area contributed by atoms with Crippen molar-refractivity contribution >= 4 is 23.7 Å². The lowest BCUT2D eigenvalue weighted by Crippen LogP contribution is -2.48. The zero-order chi connectivity index (χ0) is 16.9. The molecule has 0 aromatic rings. The molecular formula is C17H33N3O2S. The summed E-state index contributed by atoms with van der Waals surface area (Å²) in [6, 6.07) is 0. The van der Waals surface area contributed by atoms with Crippen LogP contribution in [0.25, 0.3) is 0 Å². The number of rotatable bonds is 9. The van der Waals surface area contributed by atoms with Gasteiger partial charge in [0, 0.05) is 43.6 Å². The van der Waals surface area contributed by atoms with Gasteiger partial charge >= 0.3 is 5.97 Å². The number of methoxy groups -OCH3 is 1. The van der Waals surface area contributed by atoms with Gasteiger partial charge in [-0.3, -0.25) is 9.79 Å². The lowest BCUT2D eigenvalue weighted by Gasteiger charge is -2.34. The highest BCUT2D eigenvalue weighted by atomic mass is 32.2. The van der Waals surface area contributed by atoms with E-state index in [4.69, 9.17) is 4.99 Å². The van der Waals surface area contributed by atoms with E-state index in [0.717, 1.165) is 63.1 Å². The molecule has 134 valence electrons. The second kappa shape index (κ2) is 12.5. The van der Waals surface area contributed by atoms with E-state index in [1.807, 2.05) is 0 Å². The Morgan fingerprint density at radius 1 is 1.30 bits per heavy atom. The van der Waals surface area contributed by atoms with Crippen LogP contribution in [-0.4, -0.2) is 61.1 Å². The zero-order valence-corrected chi connectivity index (χ0v) is 15.8. The van der Waals surface area contributed by atoms with E-state index in [1.54, 1.807) is 0 Å². The highest BCUT2D eigenvalue weighted by molar-refractivity contribution is 8.00. The number of ether oxygens (including phenoxy) is 1. The summed E-state index contributed by atoms with van der Waals surface area (Å²) in [5, 5.41) is 4.15. The van der Waals surface area contributed by atoms with Crippen LogP contribution in [0.5, 0.6) is 0 Å². The normalized spacial score (nSPS) is 18.8. The summed E-state index contributed by atoms with van der Waals surface area (Å²) >= 11 is 2.08. The van der Waals surface area contributed by atoms with Gasteiger partial charge in [0.25, 0.3) is 0 Å². The van der Waals surface area contributed by atoms with Gasteiger partial charge in [-0.1, -0.05) is 19.8 Å². The molecule has 0 bridgehead atoms. The second-order valence-electron chi connectivity index (χ2n) is 5.82. The topological polar surface area (TPSA) is 53.9 Å². The van der Waals surface area contributed by atoms with Crippen LogP contribution in [0.4, 0.5) is 0 Å². The quantitative estimate of drug-likeness (QED) is 0.302. The molecule has 1 rings (SSSR count). The summed E-state index contributed by atoms with van der Waals surface area (Å²) in [5.41, 5.74) is 0. The number of hydrogen-bond acceptors (Lipinski definition) is 4. The molecule has 0 spiro atoms. The van der Waals surface area contributed by atoms with E-state index in [9.17, 15) is 4.79 Å². The highest BCUT2D eigenvalue weighted by Crippen LogP contribution is 2.21. The largest absolute Gasteiger partial charge is 0.469 e. The lowest BCUT2D eigenvalue weighted by atomic mass is 10.1. The molecule has 0 aromatic heterocycles. The minimum atomic E-state index is -0.106. The number of guanidine groups is 1. The van der Waals surface area contributed by atoms with Gasteiger partial charge in [-0.05, 0) is 26.2 Å². The van der Waals surface area contributed by atoms with Crippen molar-refractivity contribution in [3.05, 3.63) is 0 Å². The fourth-order valence-corrected chi connectivity index (χ4v) is 3.79. The molecule has 23 heavy (non-hydrogen) atoms. The van der Waals surface area contributed by atoms with Crippen LogP contribution in [-0.2, 0) is 9.53 Å². The van der Waals surface area contributed by atoms with Crippen LogP contribution in [0.15, 0.2) is 4.99 Å². The van der Waals surface area contributed by atoms with Crippen molar-refractivity contribution in [2.24, 2.45) is 4.99 Å². The number of nitrogens with one attached hydrogen (secondary N) is 1. The molecule has 0 aliphatic carbocycles. The van der Waals surface area contributed by atoms with Gasteiger partial charge < -0.3 is 15.0 Å². The van der Waals surface area contributed by atoms with E-state index >= 15 is 0 Å². The van der Waals surface area contributed by atoms with E-state index < -0.39 is 0 Å². The van der Waals surface area contributed by atoms with Gasteiger partial charge in [-0.25, -0.2) is 0 Å². The first-order valence-corrected chi connectivity index (χ1v) is 9.97. The van der Waals surface area contributed by atoms with Crippen LogP contribution in [0, 0.1) is 0 Å². The Balaban J connectivity index is 2.27. The number of hydrogen-bond donors (Lipinski definition) is 1. The molecule has 1 heterocycles. The Labute approximate surface area is 145 Å². The van der Waals surface area contributed by atoms with E-state index in [0.29, 0.717) is 6.42 Å². The SMILES string of the molecule is CCNC(=NCCCCCCC(=O)OC)N1CCSC(CC)C1. The lowest BCUT2D eigenvalue weighted by molar-refractivity contribution is -0.140. The molecule has 0 aromatic carbocycles. The third-order valence-corrected chi connectivity index (χ3v) is 5.38. The third-order valence-electron chi connectivity index (χ3n) is 4.01. The highest BCUT2D eigenvalue weighted by Gasteiger charge is 2.21. The van der Waals surface area contributed by atoms with Gasteiger partial charge in [0.05, 0.1) is 7.11 Å². The molecule has 1 unspecified atom stereocenters. The molecule has 0 saturated carbocycles.